The molecule has 0 aliphatic carbocycles. The van der Waals surface area contributed by atoms with Crippen molar-refractivity contribution in [3.8, 4) is 0 Å². The standard InChI is InChI=1S/C18H18FNO3/c1-13-6-2-4-8-15(13)18(22)20-11-10-17(21)23-12-14-7-3-5-9-16(14)19/h2-9H,10-12H2,1H3,(H,20,22). The lowest BCUT2D eigenvalue weighted by atomic mass is 10.1. The fraction of sp³-hybridized carbons (Fsp3) is 0.222. The summed E-state index contributed by atoms with van der Waals surface area (Å²) in [6.07, 6.45) is 0.0338. The van der Waals surface area contributed by atoms with Gasteiger partial charge in [0.1, 0.15) is 12.4 Å². The monoisotopic (exact) mass is 315 g/mol. The molecule has 0 radical (unpaired) electrons. The lowest BCUT2D eigenvalue weighted by Gasteiger charge is -2.08. The molecule has 0 aliphatic rings. The van der Waals surface area contributed by atoms with E-state index >= 15 is 0 Å². The third-order valence-electron chi connectivity index (χ3n) is 3.35. The lowest BCUT2D eigenvalue weighted by Crippen LogP contribution is -2.27. The van der Waals surface area contributed by atoms with Crippen LogP contribution in [0.5, 0.6) is 0 Å². The second-order valence-corrected chi connectivity index (χ2v) is 5.07. The van der Waals surface area contributed by atoms with Crippen LogP contribution in [-0.4, -0.2) is 18.4 Å². The Hall–Kier alpha value is -2.69. The molecule has 0 saturated heterocycles. The molecule has 2 rings (SSSR count). The van der Waals surface area contributed by atoms with E-state index in [4.69, 9.17) is 4.74 Å². The number of esters is 1. The van der Waals surface area contributed by atoms with Crippen molar-refractivity contribution >= 4 is 11.9 Å². The van der Waals surface area contributed by atoms with Crippen molar-refractivity contribution in [3.63, 3.8) is 0 Å². The summed E-state index contributed by atoms with van der Waals surface area (Å²) >= 11 is 0. The van der Waals surface area contributed by atoms with Gasteiger partial charge in [0.05, 0.1) is 6.42 Å². The van der Waals surface area contributed by atoms with Crippen LogP contribution in [0, 0.1) is 12.7 Å². The zero-order chi connectivity index (χ0) is 16.7. The summed E-state index contributed by atoms with van der Waals surface area (Å²) in [6, 6.07) is 13.3. The van der Waals surface area contributed by atoms with Crippen molar-refractivity contribution in [3.05, 3.63) is 71.0 Å². The molecule has 0 bridgehead atoms. The second kappa shape index (κ2) is 8.08. The van der Waals surface area contributed by atoms with Gasteiger partial charge in [-0.1, -0.05) is 36.4 Å². The Morgan fingerprint density at radius 1 is 1.09 bits per heavy atom. The number of carbonyl (C=O) groups is 2. The Morgan fingerprint density at radius 2 is 1.78 bits per heavy atom. The maximum absolute atomic E-state index is 13.4. The molecule has 0 unspecified atom stereocenters. The Labute approximate surface area is 134 Å². The van der Waals surface area contributed by atoms with E-state index in [0.29, 0.717) is 11.1 Å². The van der Waals surface area contributed by atoms with Crippen LogP contribution in [0.25, 0.3) is 0 Å². The van der Waals surface area contributed by atoms with Gasteiger partial charge in [-0.25, -0.2) is 4.39 Å². The minimum absolute atomic E-state index is 0.0338. The first-order valence-electron chi connectivity index (χ1n) is 7.31. The molecule has 2 aromatic rings. The van der Waals surface area contributed by atoms with E-state index in [2.05, 4.69) is 5.32 Å². The summed E-state index contributed by atoms with van der Waals surface area (Å²) in [5, 5.41) is 2.67. The van der Waals surface area contributed by atoms with E-state index in [-0.39, 0.29) is 25.5 Å². The molecule has 5 heteroatoms. The van der Waals surface area contributed by atoms with Crippen LogP contribution in [0.3, 0.4) is 0 Å². The summed E-state index contributed by atoms with van der Waals surface area (Å²) in [5.41, 5.74) is 1.77. The normalized spacial score (nSPS) is 10.2. The Kier molecular flexibility index (Phi) is 5.86. The summed E-state index contributed by atoms with van der Waals surface area (Å²) < 4.78 is 18.4. The number of aryl methyl sites for hydroxylation is 1. The van der Waals surface area contributed by atoms with Gasteiger partial charge >= 0.3 is 5.97 Å². The molecule has 0 saturated carbocycles. The Balaban J connectivity index is 1.74. The first-order chi connectivity index (χ1) is 11.1. The quantitative estimate of drug-likeness (QED) is 0.834. The molecule has 1 amide bonds. The molecule has 0 aliphatic heterocycles. The van der Waals surface area contributed by atoms with Gasteiger partial charge < -0.3 is 10.1 Å². The van der Waals surface area contributed by atoms with Crippen molar-refractivity contribution in [2.75, 3.05) is 6.54 Å². The van der Waals surface area contributed by atoms with Crippen LogP contribution in [0.4, 0.5) is 4.39 Å². The van der Waals surface area contributed by atoms with Gasteiger partial charge in [-0.15, -0.1) is 0 Å². The first-order valence-corrected chi connectivity index (χ1v) is 7.31. The van der Waals surface area contributed by atoms with E-state index in [1.807, 2.05) is 19.1 Å². The lowest BCUT2D eigenvalue weighted by molar-refractivity contribution is -0.144. The average molecular weight is 315 g/mol. The summed E-state index contributed by atoms with van der Waals surface area (Å²) in [5.74, 6) is -1.13. The number of ether oxygens (including phenoxy) is 1. The highest BCUT2D eigenvalue weighted by atomic mass is 19.1. The van der Waals surface area contributed by atoms with Crippen LogP contribution in [-0.2, 0) is 16.1 Å². The number of benzene rings is 2. The van der Waals surface area contributed by atoms with Crippen LogP contribution in [0.15, 0.2) is 48.5 Å². The number of hydrogen-bond acceptors (Lipinski definition) is 3. The highest BCUT2D eigenvalue weighted by molar-refractivity contribution is 5.95. The van der Waals surface area contributed by atoms with Crippen molar-refractivity contribution in [1.82, 2.24) is 5.32 Å². The number of halogens is 1. The van der Waals surface area contributed by atoms with Gasteiger partial charge in [0, 0.05) is 17.7 Å². The topological polar surface area (TPSA) is 55.4 Å². The number of hydrogen-bond donors (Lipinski definition) is 1. The van der Waals surface area contributed by atoms with Gasteiger partial charge in [-0.2, -0.15) is 0 Å². The molecule has 0 aromatic heterocycles. The minimum atomic E-state index is -0.488. The Morgan fingerprint density at radius 3 is 2.52 bits per heavy atom. The number of amides is 1. The summed E-state index contributed by atoms with van der Waals surface area (Å²) in [6.45, 7) is 1.90. The predicted molar refractivity (Wildman–Crippen MR) is 84.3 cm³/mol. The third-order valence-corrected chi connectivity index (χ3v) is 3.35. The molecule has 1 N–H and O–H groups in total. The van der Waals surface area contributed by atoms with E-state index in [1.165, 1.54) is 6.07 Å². The molecule has 2 aromatic carbocycles. The van der Waals surface area contributed by atoms with Gasteiger partial charge in [-0.05, 0) is 24.6 Å². The maximum atomic E-state index is 13.4. The van der Waals surface area contributed by atoms with Crippen LogP contribution in [0.2, 0.25) is 0 Å². The van der Waals surface area contributed by atoms with E-state index < -0.39 is 11.8 Å². The average Bonchev–Trinajstić information content (AvgIpc) is 2.54. The first kappa shape index (κ1) is 16.7. The molecular formula is C18H18FNO3. The minimum Gasteiger partial charge on any atom is -0.461 e. The highest BCUT2D eigenvalue weighted by Crippen LogP contribution is 2.08. The van der Waals surface area contributed by atoms with Crippen molar-refractivity contribution in [2.24, 2.45) is 0 Å². The molecule has 120 valence electrons. The summed E-state index contributed by atoms with van der Waals surface area (Å²) in [4.78, 5) is 23.6. The van der Waals surface area contributed by atoms with Gasteiger partial charge in [0.15, 0.2) is 0 Å². The van der Waals surface area contributed by atoms with Crippen LogP contribution < -0.4 is 5.32 Å². The number of nitrogens with one attached hydrogen (secondary N) is 1. The number of rotatable bonds is 6. The number of carbonyl (C=O) groups excluding carboxylic acids is 2. The SMILES string of the molecule is Cc1ccccc1C(=O)NCCC(=O)OCc1ccccc1F. The smallest absolute Gasteiger partial charge is 0.307 e. The molecule has 23 heavy (non-hydrogen) atoms. The fourth-order valence-corrected chi connectivity index (χ4v) is 2.05. The van der Waals surface area contributed by atoms with Crippen LogP contribution in [0.1, 0.15) is 27.9 Å². The Bertz CT molecular complexity index is 700. The second-order valence-electron chi connectivity index (χ2n) is 5.07. The fourth-order valence-electron chi connectivity index (χ4n) is 2.05. The van der Waals surface area contributed by atoms with E-state index in [0.717, 1.165) is 5.56 Å². The van der Waals surface area contributed by atoms with Crippen LogP contribution >= 0.6 is 0 Å². The van der Waals surface area contributed by atoms with Crippen molar-refractivity contribution < 1.29 is 18.7 Å². The van der Waals surface area contributed by atoms with Gasteiger partial charge in [-0.3, -0.25) is 9.59 Å². The van der Waals surface area contributed by atoms with Crippen molar-refractivity contribution in [2.45, 2.75) is 20.0 Å². The zero-order valence-electron chi connectivity index (χ0n) is 12.8. The van der Waals surface area contributed by atoms with Gasteiger partial charge in [0.2, 0.25) is 0 Å². The third kappa shape index (κ3) is 4.92. The molecule has 4 nitrogen and oxygen atoms in total. The van der Waals surface area contributed by atoms with E-state index in [9.17, 15) is 14.0 Å². The largest absolute Gasteiger partial charge is 0.461 e. The zero-order valence-corrected chi connectivity index (χ0v) is 12.8. The molecular weight excluding hydrogens is 297 g/mol. The molecule has 0 heterocycles. The molecule has 0 fully saturated rings. The van der Waals surface area contributed by atoms with Crippen molar-refractivity contribution in [1.29, 1.82) is 0 Å². The highest BCUT2D eigenvalue weighted by Gasteiger charge is 2.10. The summed E-state index contributed by atoms with van der Waals surface area (Å²) in [7, 11) is 0. The molecule has 0 atom stereocenters. The maximum Gasteiger partial charge on any atom is 0.307 e. The van der Waals surface area contributed by atoms with E-state index in [1.54, 1.807) is 30.3 Å². The molecule has 0 spiro atoms. The van der Waals surface area contributed by atoms with Gasteiger partial charge in [0.25, 0.3) is 5.91 Å². The predicted octanol–water partition coefficient (Wildman–Crippen LogP) is 3.00.